The topological polar surface area (TPSA) is 50.4 Å². The average molecular weight is 161 g/mol. The predicted octanol–water partition coefficient (Wildman–Crippen LogP) is 0.659. The number of nitrogens with zero attached hydrogens (tertiary/aromatic N) is 1. The third-order valence-electron chi connectivity index (χ3n) is 1.01. The fraction of sp³-hybridized carbons (Fsp3) is 0.857. The average Bonchev–Trinajstić information content (AvgIpc) is 1.86. The van der Waals surface area contributed by atoms with Crippen LogP contribution in [-0.2, 0) is 0 Å². The Balaban J connectivity index is 3.46. The largest absolute Gasteiger partial charge is 0.370 e. The highest BCUT2D eigenvalue weighted by molar-refractivity contribution is 5.77. The number of guanidine groups is 1. The lowest BCUT2D eigenvalue weighted by Gasteiger charge is -2.07. The van der Waals surface area contributed by atoms with E-state index < -0.39 is 0 Å². The van der Waals surface area contributed by atoms with E-state index in [0.717, 1.165) is 0 Å². The van der Waals surface area contributed by atoms with Gasteiger partial charge in [-0.15, -0.1) is 0 Å². The summed E-state index contributed by atoms with van der Waals surface area (Å²) in [5, 5.41) is 2.91. The van der Waals surface area contributed by atoms with E-state index in [9.17, 15) is 4.39 Å². The summed E-state index contributed by atoms with van der Waals surface area (Å²) in [7, 11) is 0. The maximum absolute atomic E-state index is 11.6. The van der Waals surface area contributed by atoms with Crippen LogP contribution in [0.15, 0.2) is 4.99 Å². The van der Waals surface area contributed by atoms with E-state index in [-0.39, 0.29) is 12.7 Å². The van der Waals surface area contributed by atoms with Gasteiger partial charge in [0, 0.05) is 12.6 Å². The first-order valence-electron chi connectivity index (χ1n) is 3.79. The Morgan fingerprint density at radius 3 is 2.73 bits per heavy atom. The van der Waals surface area contributed by atoms with Gasteiger partial charge in [0.1, 0.15) is 0 Å². The molecule has 0 unspecified atom stereocenters. The number of nitrogens with one attached hydrogen (secondary N) is 1. The summed E-state index contributed by atoms with van der Waals surface area (Å²) >= 11 is 0. The molecule has 0 saturated carbocycles. The zero-order valence-corrected chi connectivity index (χ0v) is 7.10. The molecular weight excluding hydrogens is 145 g/mol. The molecule has 0 fully saturated rings. The Morgan fingerprint density at radius 2 is 2.27 bits per heavy atom. The van der Waals surface area contributed by atoms with Crippen LogP contribution in [0.4, 0.5) is 4.39 Å². The molecule has 66 valence electrons. The van der Waals surface area contributed by atoms with Crippen LogP contribution >= 0.6 is 0 Å². The summed E-state index contributed by atoms with van der Waals surface area (Å²) in [6, 6.07) is 0.282. The molecule has 0 aromatic carbocycles. The van der Waals surface area contributed by atoms with Crippen LogP contribution in [0.3, 0.4) is 0 Å². The minimum atomic E-state index is -0.335. The molecular formula is C7H16FN3. The lowest BCUT2D eigenvalue weighted by atomic mass is 10.4. The normalized spacial score (nSPS) is 12.2. The first kappa shape index (κ1) is 10.2. The van der Waals surface area contributed by atoms with Gasteiger partial charge in [-0.25, -0.2) is 0 Å². The molecule has 0 aliphatic rings. The monoisotopic (exact) mass is 161 g/mol. The molecule has 3 N–H and O–H groups in total. The van der Waals surface area contributed by atoms with Crippen molar-refractivity contribution in [3.05, 3.63) is 0 Å². The third-order valence-corrected chi connectivity index (χ3v) is 1.01. The molecule has 0 amide bonds. The molecule has 0 spiro atoms. The summed E-state index contributed by atoms with van der Waals surface area (Å²) in [6.45, 7) is 4.07. The van der Waals surface area contributed by atoms with E-state index in [1.54, 1.807) is 0 Å². The highest BCUT2D eigenvalue weighted by Crippen LogP contribution is 1.82. The van der Waals surface area contributed by atoms with Gasteiger partial charge in [0.05, 0.1) is 6.67 Å². The van der Waals surface area contributed by atoms with Crippen LogP contribution in [0.5, 0.6) is 0 Å². The van der Waals surface area contributed by atoms with Crippen molar-refractivity contribution in [1.29, 1.82) is 0 Å². The fourth-order valence-corrected chi connectivity index (χ4v) is 0.601. The van der Waals surface area contributed by atoms with E-state index in [1.807, 2.05) is 13.8 Å². The van der Waals surface area contributed by atoms with Gasteiger partial charge in [0.15, 0.2) is 5.96 Å². The Labute approximate surface area is 66.9 Å². The summed E-state index contributed by atoms with van der Waals surface area (Å²) in [5.74, 6) is 0.397. The second kappa shape index (κ2) is 5.95. The molecule has 11 heavy (non-hydrogen) atoms. The maximum Gasteiger partial charge on any atom is 0.188 e. The Morgan fingerprint density at radius 1 is 1.64 bits per heavy atom. The molecule has 0 radical (unpaired) electrons. The second-order valence-corrected chi connectivity index (χ2v) is 2.61. The SMILES string of the molecule is CC(C)NC(N)=NCCCF. The van der Waals surface area contributed by atoms with Crippen molar-refractivity contribution in [2.24, 2.45) is 10.7 Å². The highest BCUT2D eigenvalue weighted by Gasteiger charge is 1.93. The molecule has 0 aromatic heterocycles. The van der Waals surface area contributed by atoms with Crippen LogP contribution in [0.1, 0.15) is 20.3 Å². The molecule has 4 heteroatoms. The molecule has 0 aliphatic heterocycles. The fourth-order valence-electron chi connectivity index (χ4n) is 0.601. The van der Waals surface area contributed by atoms with Crippen LogP contribution in [0.25, 0.3) is 0 Å². The van der Waals surface area contributed by atoms with E-state index in [0.29, 0.717) is 18.9 Å². The summed E-state index contributed by atoms with van der Waals surface area (Å²) in [4.78, 5) is 3.90. The van der Waals surface area contributed by atoms with Crippen LogP contribution < -0.4 is 11.1 Å². The number of alkyl halides is 1. The van der Waals surface area contributed by atoms with Gasteiger partial charge in [-0.1, -0.05) is 0 Å². The lowest BCUT2D eigenvalue weighted by Crippen LogP contribution is -2.36. The molecule has 3 nitrogen and oxygen atoms in total. The first-order chi connectivity index (χ1) is 5.16. The lowest BCUT2D eigenvalue weighted by molar-refractivity contribution is 0.477. The molecule has 0 aliphatic carbocycles. The van der Waals surface area contributed by atoms with Crippen molar-refractivity contribution in [3.8, 4) is 0 Å². The number of halogens is 1. The number of rotatable bonds is 4. The highest BCUT2D eigenvalue weighted by atomic mass is 19.1. The van der Waals surface area contributed by atoms with E-state index >= 15 is 0 Å². The van der Waals surface area contributed by atoms with Gasteiger partial charge in [0.2, 0.25) is 0 Å². The van der Waals surface area contributed by atoms with Crippen molar-refractivity contribution >= 4 is 5.96 Å². The van der Waals surface area contributed by atoms with Crippen LogP contribution in [0.2, 0.25) is 0 Å². The number of aliphatic imine (C=N–C) groups is 1. The van der Waals surface area contributed by atoms with Gasteiger partial charge in [-0.05, 0) is 20.3 Å². The van der Waals surface area contributed by atoms with Gasteiger partial charge < -0.3 is 11.1 Å². The first-order valence-corrected chi connectivity index (χ1v) is 3.79. The second-order valence-electron chi connectivity index (χ2n) is 2.61. The smallest absolute Gasteiger partial charge is 0.188 e. The van der Waals surface area contributed by atoms with Crippen LogP contribution in [-0.4, -0.2) is 25.2 Å². The predicted molar refractivity (Wildman–Crippen MR) is 45.4 cm³/mol. The zero-order valence-electron chi connectivity index (χ0n) is 7.10. The van der Waals surface area contributed by atoms with Crippen molar-refractivity contribution in [2.45, 2.75) is 26.3 Å². The van der Waals surface area contributed by atoms with E-state index in [2.05, 4.69) is 10.3 Å². The summed E-state index contributed by atoms with van der Waals surface area (Å²) in [5.41, 5.74) is 5.43. The van der Waals surface area contributed by atoms with Gasteiger partial charge in [-0.2, -0.15) is 0 Å². The summed E-state index contributed by atoms with van der Waals surface area (Å²) in [6.07, 6.45) is 0.445. The minimum absolute atomic E-state index is 0.282. The quantitative estimate of drug-likeness (QED) is 0.361. The summed E-state index contributed by atoms with van der Waals surface area (Å²) < 4.78 is 11.6. The Kier molecular flexibility index (Phi) is 5.51. The maximum atomic E-state index is 11.6. The Bertz CT molecular complexity index is 123. The molecule has 0 rings (SSSR count). The van der Waals surface area contributed by atoms with Crippen molar-refractivity contribution < 1.29 is 4.39 Å². The van der Waals surface area contributed by atoms with Crippen molar-refractivity contribution in [2.75, 3.05) is 13.2 Å². The number of nitrogens with two attached hydrogens (primary N) is 1. The molecule has 0 heterocycles. The van der Waals surface area contributed by atoms with Gasteiger partial charge >= 0.3 is 0 Å². The van der Waals surface area contributed by atoms with Crippen molar-refractivity contribution in [1.82, 2.24) is 5.32 Å². The van der Waals surface area contributed by atoms with E-state index in [1.165, 1.54) is 0 Å². The zero-order chi connectivity index (χ0) is 8.69. The van der Waals surface area contributed by atoms with Gasteiger partial charge in [-0.3, -0.25) is 9.38 Å². The molecule has 0 bridgehead atoms. The Hall–Kier alpha value is -0.800. The van der Waals surface area contributed by atoms with Crippen molar-refractivity contribution in [3.63, 3.8) is 0 Å². The number of hydrogen-bond donors (Lipinski definition) is 2. The molecule has 0 atom stereocenters. The minimum Gasteiger partial charge on any atom is -0.370 e. The van der Waals surface area contributed by atoms with Crippen LogP contribution in [0, 0.1) is 0 Å². The van der Waals surface area contributed by atoms with E-state index in [4.69, 9.17) is 5.73 Å². The van der Waals surface area contributed by atoms with Gasteiger partial charge in [0.25, 0.3) is 0 Å². The standard InChI is InChI=1S/C7H16FN3/c1-6(2)11-7(9)10-5-3-4-8/h6H,3-5H2,1-2H3,(H3,9,10,11). The molecule has 0 aromatic rings. The molecule has 0 saturated heterocycles. The third kappa shape index (κ3) is 7.09. The number of hydrogen-bond acceptors (Lipinski definition) is 1.